The van der Waals surface area contributed by atoms with E-state index in [1.165, 1.54) is 0 Å². The lowest BCUT2D eigenvalue weighted by atomic mass is 10.2. The largest absolute Gasteiger partial charge is 0.492 e. The van der Waals surface area contributed by atoms with Crippen molar-refractivity contribution in [2.24, 2.45) is 0 Å². The van der Waals surface area contributed by atoms with Crippen molar-refractivity contribution < 1.29 is 28.6 Å². The van der Waals surface area contributed by atoms with Crippen molar-refractivity contribution in [3.05, 3.63) is 47.9 Å². The summed E-state index contributed by atoms with van der Waals surface area (Å²) in [7, 11) is 0. The Hall–Kier alpha value is -2.00. The molecule has 0 aromatic heterocycles. The molecule has 32 heavy (non-hydrogen) atoms. The number of amides is 3. The molecule has 0 spiro atoms. The summed E-state index contributed by atoms with van der Waals surface area (Å²) in [6.07, 6.45) is 1.63. The molecular weight excluding hydrogens is 662 g/mol. The van der Waals surface area contributed by atoms with Gasteiger partial charge in [-0.1, -0.05) is 0 Å². The molecule has 0 aliphatic carbocycles. The second kappa shape index (κ2) is 9.87. The van der Waals surface area contributed by atoms with Crippen LogP contribution in [0.5, 0.6) is 17.2 Å². The molecular formula is C21H16I2N2O6S. The number of hydrogen-bond acceptors (Lipinski definition) is 7. The van der Waals surface area contributed by atoms with Crippen LogP contribution in [0.4, 0.5) is 10.5 Å². The number of halogens is 2. The van der Waals surface area contributed by atoms with Crippen molar-refractivity contribution in [1.29, 1.82) is 0 Å². The molecule has 166 valence electrons. The smallest absolute Gasteiger partial charge is 0.294 e. The molecule has 0 unspecified atom stereocenters. The lowest BCUT2D eigenvalue weighted by Crippen LogP contribution is -2.36. The molecule has 3 amide bonds. The average molecular weight is 678 g/mol. The number of thioether (sulfide) groups is 1. The Balaban J connectivity index is 1.49. The topological polar surface area (TPSA) is 94.2 Å². The standard InChI is InChI=1S/C21H16I2N2O6S/c1-2-29-19-11(5-12(22)7-14(19)23)6-17-20(27)25(21(28)32-17)9-18(26)24-13-3-4-15-16(8-13)31-10-30-15/h3-8H,2,9-10H2,1H3,(H,24,26)/b17-6+. The van der Waals surface area contributed by atoms with E-state index in [-0.39, 0.29) is 11.7 Å². The highest BCUT2D eigenvalue weighted by molar-refractivity contribution is 14.1. The van der Waals surface area contributed by atoms with Gasteiger partial charge in [-0.2, -0.15) is 0 Å². The Kier molecular flexibility index (Phi) is 7.14. The molecule has 1 saturated heterocycles. The Bertz CT molecular complexity index is 1150. The first kappa shape index (κ1) is 23.2. The highest BCUT2D eigenvalue weighted by atomic mass is 127. The van der Waals surface area contributed by atoms with Gasteiger partial charge in [0.2, 0.25) is 12.7 Å². The Labute approximate surface area is 215 Å². The van der Waals surface area contributed by atoms with Crippen LogP contribution >= 0.6 is 56.9 Å². The van der Waals surface area contributed by atoms with Crippen molar-refractivity contribution in [3.8, 4) is 17.2 Å². The van der Waals surface area contributed by atoms with Gasteiger partial charge < -0.3 is 19.5 Å². The van der Waals surface area contributed by atoms with Gasteiger partial charge in [-0.15, -0.1) is 0 Å². The minimum atomic E-state index is -0.517. The number of rotatable bonds is 6. The molecule has 2 aromatic carbocycles. The van der Waals surface area contributed by atoms with Crippen LogP contribution in [0.1, 0.15) is 12.5 Å². The molecule has 1 fully saturated rings. The number of nitrogens with zero attached hydrogens (tertiary/aromatic N) is 1. The zero-order valence-electron chi connectivity index (χ0n) is 16.6. The lowest BCUT2D eigenvalue weighted by molar-refractivity contribution is -0.127. The molecule has 0 bridgehead atoms. The highest BCUT2D eigenvalue weighted by Gasteiger charge is 2.36. The fourth-order valence-corrected chi connectivity index (χ4v) is 5.95. The van der Waals surface area contributed by atoms with E-state index in [1.807, 2.05) is 19.1 Å². The summed E-state index contributed by atoms with van der Waals surface area (Å²) in [5, 5.41) is 2.17. The maximum Gasteiger partial charge on any atom is 0.294 e. The number of nitrogens with one attached hydrogen (secondary N) is 1. The zero-order valence-corrected chi connectivity index (χ0v) is 21.8. The van der Waals surface area contributed by atoms with Gasteiger partial charge in [0.1, 0.15) is 12.3 Å². The number of carbonyl (C=O) groups excluding carboxylic acids is 3. The van der Waals surface area contributed by atoms with Crippen molar-refractivity contribution in [2.75, 3.05) is 25.3 Å². The van der Waals surface area contributed by atoms with Crippen LogP contribution in [0, 0.1) is 7.14 Å². The maximum atomic E-state index is 12.9. The van der Waals surface area contributed by atoms with Gasteiger partial charge in [0, 0.05) is 20.9 Å². The van der Waals surface area contributed by atoms with E-state index in [9.17, 15) is 14.4 Å². The van der Waals surface area contributed by atoms with Gasteiger partial charge in [0.25, 0.3) is 11.1 Å². The molecule has 4 rings (SSSR count). The first-order valence-electron chi connectivity index (χ1n) is 9.42. The third-order valence-electron chi connectivity index (χ3n) is 4.44. The predicted octanol–water partition coefficient (Wildman–Crippen LogP) is 4.70. The van der Waals surface area contributed by atoms with Crippen molar-refractivity contribution in [2.45, 2.75) is 6.92 Å². The van der Waals surface area contributed by atoms with Crippen LogP contribution in [0.15, 0.2) is 35.2 Å². The maximum absolute atomic E-state index is 12.9. The number of imide groups is 1. The van der Waals surface area contributed by atoms with E-state index in [0.717, 1.165) is 23.8 Å². The SMILES string of the molecule is CCOc1c(I)cc(I)cc1/C=C1/SC(=O)N(CC(=O)Nc2ccc3c(c2)OCO3)C1=O. The van der Waals surface area contributed by atoms with E-state index in [0.29, 0.717) is 35.1 Å². The Morgan fingerprint density at radius 1 is 1.22 bits per heavy atom. The van der Waals surface area contributed by atoms with E-state index in [2.05, 4.69) is 50.5 Å². The van der Waals surface area contributed by atoms with Crippen molar-refractivity contribution >= 4 is 85.8 Å². The van der Waals surface area contributed by atoms with Gasteiger partial charge >= 0.3 is 0 Å². The van der Waals surface area contributed by atoms with Gasteiger partial charge in [0.05, 0.1) is 15.1 Å². The van der Waals surface area contributed by atoms with Crippen LogP contribution < -0.4 is 19.5 Å². The Morgan fingerprint density at radius 2 is 2.00 bits per heavy atom. The van der Waals surface area contributed by atoms with E-state index < -0.39 is 23.6 Å². The molecule has 2 aromatic rings. The first-order chi connectivity index (χ1) is 15.4. The summed E-state index contributed by atoms with van der Waals surface area (Å²) in [4.78, 5) is 38.9. The van der Waals surface area contributed by atoms with Gasteiger partial charge in [-0.25, -0.2) is 0 Å². The summed E-state index contributed by atoms with van der Waals surface area (Å²) in [6.45, 7) is 2.09. The molecule has 8 nitrogen and oxygen atoms in total. The number of hydrogen-bond donors (Lipinski definition) is 1. The number of ether oxygens (including phenoxy) is 3. The summed E-state index contributed by atoms with van der Waals surface area (Å²) in [5.74, 6) is 0.758. The minimum Gasteiger partial charge on any atom is -0.492 e. The number of benzene rings is 2. The summed E-state index contributed by atoms with van der Waals surface area (Å²) < 4.78 is 18.1. The van der Waals surface area contributed by atoms with Gasteiger partial charge in [0.15, 0.2) is 11.5 Å². The van der Waals surface area contributed by atoms with Gasteiger partial charge in [-0.05, 0) is 94.2 Å². The summed E-state index contributed by atoms with van der Waals surface area (Å²) in [6, 6.07) is 8.82. The fourth-order valence-electron chi connectivity index (χ4n) is 3.08. The van der Waals surface area contributed by atoms with Crippen LogP contribution in [-0.4, -0.2) is 41.9 Å². The third-order valence-corrected chi connectivity index (χ3v) is 6.78. The third kappa shape index (κ3) is 4.98. The molecule has 0 atom stereocenters. The minimum absolute atomic E-state index is 0.125. The normalized spacial score (nSPS) is 16.1. The Morgan fingerprint density at radius 3 is 2.78 bits per heavy atom. The predicted molar refractivity (Wildman–Crippen MR) is 137 cm³/mol. The molecule has 0 saturated carbocycles. The van der Waals surface area contributed by atoms with Gasteiger partial charge in [-0.3, -0.25) is 19.3 Å². The number of anilines is 1. The van der Waals surface area contributed by atoms with E-state index in [4.69, 9.17) is 14.2 Å². The van der Waals surface area contributed by atoms with Crippen LogP contribution in [-0.2, 0) is 9.59 Å². The van der Waals surface area contributed by atoms with E-state index >= 15 is 0 Å². The monoisotopic (exact) mass is 678 g/mol. The average Bonchev–Trinajstić information content (AvgIpc) is 3.30. The molecule has 11 heteroatoms. The van der Waals surface area contributed by atoms with Crippen molar-refractivity contribution in [3.63, 3.8) is 0 Å². The zero-order chi connectivity index (χ0) is 22.8. The second-order valence-corrected chi connectivity index (χ2v) is 10.0. The molecule has 2 aliphatic rings. The fraction of sp³-hybridized carbons (Fsp3) is 0.190. The molecule has 1 N–H and O–H groups in total. The summed E-state index contributed by atoms with van der Waals surface area (Å²) in [5.41, 5.74) is 1.19. The van der Waals surface area contributed by atoms with Crippen LogP contribution in [0.2, 0.25) is 0 Å². The van der Waals surface area contributed by atoms with Crippen LogP contribution in [0.25, 0.3) is 6.08 Å². The van der Waals surface area contributed by atoms with E-state index in [1.54, 1.807) is 24.3 Å². The van der Waals surface area contributed by atoms with Crippen molar-refractivity contribution in [1.82, 2.24) is 4.90 Å². The quantitative estimate of drug-likeness (QED) is 0.350. The number of fused-ring (bicyclic) bond motifs is 1. The summed E-state index contributed by atoms with van der Waals surface area (Å²) >= 11 is 5.16. The lowest BCUT2D eigenvalue weighted by Gasteiger charge is -2.13. The molecule has 0 radical (unpaired) electrons. The van der Waals surface area contributed by atoms with Crippen LogP contribution in [0.3, 0.4) is 0 Å². The molecule has 2 aliphatic heterocycles. The highest BCUT2D eigenvalue weighted by Crippen LogP contribution is 2.37. The second-order valence-electron chi connectivity index (χ2n) is 6.62. The molecule has 2 heterocycles. The number of carbonyl (C=O) groups is 3. The first-order valence-corrected chi connectivity index (χ1v) is 12.4.